The van der Waals surface area contributed by atoms with E-state index < -0.39 is 0 Å². The molecule has 0 aromatic rings. The maximum atomic E-state index is 12.6. The largest absolute Gasteiger partial charge is 0.353 e. The molecule has 0 aromatic carbocycles. The number of carbonyl (C=O) groups is 1. The van der Waals surface area contributed by atoms with E-state index >= 15 is 0 Å². The van der Waals surface area contributed by atoms with Crippen molar-refractivity contribution in [1.29, 1.82) is 0 Å². The molecule has 124 valence electrons. The number of amides is 1. The molecule has 2 bridgehead atoms. The van der Waals surface area contributed by atoms with E-state index in [4.69, 9.17) is 5.73 Å². The Morgan fingerprint density at radius 1 is 1.18 bits per heavy atom. The first kappa shape index (κ1) is 16.0. The van der Waals surface area contributed by atoms with Gasteiger partial charge in [0.15, 0.2) is 0 Å². The fraction of sp³-hybridized carbons (Fsp3) is 0.833. The van der Waals surface area contributed by atoms with Crippen molar-refractivity contribution in [3.05, 3.63) is 12.7 Å². The van der Waals surface area contributed by atoms with Crippen LogP contribution in [0.3, 0.4) is 0 Å². The van der Waals surface area contributed by atoms with E-state index in [1.165, 1.54) is 19.3 Å². The van der Waals surface area contributed by atoms with Gasteiger partial charge in [0.2, 0.25) is 5.91 Å². The molecular formula is C18H31N3O. The second-order valence-electron chi connectivity index (χ2n) is 7.57. The van der Waals surface area contributed by atoms with Crippen LogP contribution < -0.4 is 11.1 Å². The number of carbonyl (C=O) groups excluding carboxylic acids is 1. The maximum Gasteiger partial charge on any atom is 0.223 e. The van der Waals surface area contributed by atoms with E-state index in [1.807, 2.05) is 6.08 Å². The van der Waals surface area contributed by atoms with E-state index in [2.05, 4.69) is 16.8 Å². The SMILES string of the molecule is C=CCN1CCC(NC(=O)C2CC3CCCC(C2)C3N)CC1. The number of fused-ring (bicyclic) bond motifs is 2. The van der Waals surface area contributed by atoms with E-state index in [9.17, 15) is 4.79 Å². The van der Waals surface area contributed by atoms with Crippen LogP contribution in [0.15, 0.2) is 12.7 Å². The van der Waals surface area contributed by atoms with Crippen molar-refractivity contribution < 1.29 is 4.79 Å². The Balaban J connectivity index is 1.47. The molecule has 0 aromatic heterocycles. The summed E-state index contributed by atoms with van der Waals surface area (Å²) in [7, 11) is 0. The second kappa shape index (κ2) is 7.14. The molecule has 4 nitrogen and oxygen atoms in total. The maximum absolute atomic E-state index is 12.6. The van der Waals surface area contributed by atoms with Crippen molar-refractivity contribution in [2.24, 2.45) is 23.5 Å². The van der Waals surface area contributed by atoms with Crippen LogP contribution in [0.2, 0.25) is 0 Å². The van der Waals surface area contributed by atoms with Gasteiger partial charge in [-0.2, -0.15) is 0 Å². The van der Waals surface area contributed by atoms with Gasteiger partial charge in [-0.25, -0.2) is 0 Å². The number of rotatable bonds is 4. The highest BCUT2D eigenvalue weighted by Gasteiger charge is 2.40. The Hall–Kier alpha value is -0.870. The van der Waals surface area contributed by atoms with Crippen molar-refractivity contribution in [3.63, 3.8) is 0 Å². The van der Waals surface area contributed by atoms with Crippen LogP contribution in [-0.2, 0) is 4.79 Å². The van der Waals surface area contributed by atoms with E-state index in [1.54, 1.807) is 0 Å². The lowest BCUT2D eigenvalue weighted by Crippen LogP contribution is -2.51. The molecule has 22 heavy (non-hydrogen) atoms. The average molecular weight is 305 g/mol. The van der Waals surface area contributed by atoms with Gasteiger partial charge in [0, 0.05) is 37.6 Å². The lowest BCUT2D eigenvalue weighted by molar-refractivity contribution is -0.129. The Morgan fingerprint density at radius 2 is 1.82 bits per heavy atom. The van der Waals surface area contributed by atoms with Crippen LogP contribution in [-0.4, -0.2) is 42.5 Å². The summed E-state index contributed by atoms with van der Waals surface area (Å²) in [6, 6.07) is 0.712. The number of hydrogen-bond donors (Lipinski definition) is 2. The third-order valence-corrected chi connectivity index (χ3v) is 6.11. The molecule has 0 spiro atoms. The smallest absolute Gasteiger partial charge is 0.223 e. The number of piperidine rings is 1. The van der Waals surface area contributed by atoms with Gasteiger partial charge in [0.05, 0.1) is 0 Å². The summed E-state index contributed by atoms with van der Waals surface area (Å²) in [5, 5.41) is 3.32. The lowest BCUT2D eigenvalue weighted by atomic mass is 9.65. The predicted molar refractivity (Wildman–Crippen MR) is 89.3 cm³/mol. The molecule has 3 aliphatic rings. The topological polar surface area (TPSA) is 58.4 Å². The highest BCUT2D eigenvalue weighted by atomic mass is 16.1. The molecule has 2 saturated carbocycles. The molecule has 2 aliphatic carbocycles. The zero-order valence-electron chi connectivity index (χ0n) is 13.7. The zero-order chi connectivity index (χ0) is 15.5. The minimum absolute atomic E-state index is 0.210. The van der Waals surface area contributed by atoms with Gasteiger partial charge in [-0.1, -0.05) is 12.5 Å². The van der Waals surface area contributed by atoms with Crippen LogP contribution in [0.5, 0.6) is 0 Å². The standard InChI is InChI=1S/C18H31N3O/c1-2-8-21-9-6-16(7-10-21)20-18(22)15-11-13-4-3-5-14(12-15)17(13)19/h2,13-17H,1,3-12,19H2,(H,20,22). The van der Waals surface area contributed by atoms with E-state index in [-0.39, 0.29) is 5.92 Å². The fourth-order valence-electron chi connectivity index (χ4n) is 4.76. The van der Waals surface area contributed by atoms with Gasteiger partial charge in [-0.3, -0.25) is 9.69 Å². The number of nitrogens with one attached hydrogen (secondary N) is 1. The normalized spacial score (nSPS) is 36.8. The molecule has 3 fully saturated rings. The Kier molecular flexibility index (Phi) is 5.19. The first-order valence-corrected chi connectivity index (χ1v) is 9.06. The summed E-state index contributed by atoms with van der Waals surface area (Å²) < 4.78 is 0. The Morgan fingerprint density at radius 3 is 2.41 bits per heavy atom. The van der Waals surface area contributed by atoms with Gasteiger partial charge in [-0.05, 0) is 50.4 Å². The zero-order valence-corrected chi connectivity index (χ0v) is 13.7. The summed E-state index contributed by atoms with van der Waals surface area (Å²) in [6.07, 6.45) is 9.87. The van der Waals surface area contributed by atoms with Gasteiger partial charge in [0.1, 0.15) is 0 Å². The minimum Gasteiger partial charge on any atom is -0.353 e. The van der Waals surface area contributed by atoms with Crippen molar-refractivity contribution in [1.82, 2.24) is 10.2 Å². The Bertz CT molecular complexity index is 389. The van der Waals surface area contributed by atoms with E-state index in [0.29, 0.717) is 29.8 Å². The predicted octanol–water partition coefficient (Wildman–Crippen LogP) is 1.91. The van der Waals surface area contributed by atoms with Gasteiger partial charge in [0.25, 0.3) is 0 Å². The van der Waals surface area contributed by atoms with Crippen molar-refractivity contribution in [2.75, 3.05) is 19.6 Å². The molecule has 3 N–H and O–H groups in total. The molecule has 1 amide bonds. The first-order valence-electron chi connectivity index (χ1n) is 9.06. The molecule has 2 atom stereocenters. The summed E-state index contributed by atoms with van der Waals surface area (Å²) in [5.41, 5.74) is 6.33. The molecule has 1 saturated heterocycles. The molecular weight excluding hydrogens is 274 g/mol. The van der Waals surface area contributed by atoms with Crippen LogP contribution in [0.1, 0.15) is 44.9 Å². The van der Waals surface area contributed by atoms with Crippen molar-refractivity contribution >= 4 is 5.91 Å². The van der Waals surface area contributed by atoms with E-state index in [0.717, 1.165) is 45.3 Å². The van der Waals surface area contributed by atoms with Crippen LogP contribution in [0.25, 0.3) is 0 Å². The fourth-order valence-corrected chi connectivity index (χ4v) is 4.76. The summed E-state index contributed by atoms with van der Waals surface area (Å²) in [5.74, 6) is 1.67. The third-order valence-electron chi connectivity index (χ3n) is 6.11. The van der Waals surface area contributed by atoms with Gasteiger partial charge in [-0.15, -0.1) is 6.58 Å². The first-order chi connectivity index (χ1) is 10.7. The van der Waals surface area contributed by atoms with Crippen molar-refractivity contribution in [2.45, 2.75) is 57.0 Å². The van der Waals surface area contributed by atoms with Crippen LogP contribution in [0.4, 0.5) is 0 Å². The lowest BCUT2D eigenvalue weighted by Gasteiger charge is -2.44. The molecule has 0 radical (unpaired) electrons. The molecule has 1 aliphatic heterocycles. The number of likely N-dealkylation sites (tertiary alicyclic amines) is 1. The van der Waals surface area contributed by atoms with Crippen LogP contribution in [0, 0.1) is 17.8 Å². The van der Waals surface area contributed by atoms with Crippen LogP contribution >= 0.6 is 0 Å². The highest BCUT2D eigenvalue weighted by molar-refractivity contribution is 5.79. The Labute approximate surface area is 134 Å². The highest BCUT2D eigenvalue weighted by Crippen LogP contribution is 2.41. The number of hydrogen-bond acceptors (Lipinski definition) is 3. The molecule has 1 heterocycles. The van der Waals surface area contributed by atoms with Gasteiger partial charge >= 0.3 is 0 Å². The summed E-state index contributed by atoms with van der Waals surface area (Å²) >= 11 is 0. The van der Waals surface area contributed by atoms with Crippen molar-refractivity contribution in [3.8, 4) is 0 Å². The third kappa shape index (κ3) is 3.54. The molecule has 3 rings (SSSR count). The second-order valence-corrected chi connectivity index (χ2v) is 7.57. The number of nitrogens with two attached hydrogens (primary N) is 1. The summed E-state index contributed by atoms with van der Waals surface area (Å²) in [4.78, 5) is 15.0. The quantitative estimate of drug-likeness (QED) is 0.780. The molecule has 4 heteroatoms. The monoisotopic (exact) mass is 305 g/mol. The average Bonchev–Trinajstić information content (AvgIpc) is 2.49. The number of nitrogens with zero attached hydrogens (tertiary/aromatic N) is 1. The minimum atomic E-state index is 0.210. The molecule has 2 unspecified atom stereocenters. The van der Waals surface area contributed by atoms with Gasteiger partial charge < -0.3 is 11.1 Å². The summed E-state index contributed by atoms with van der Waals surface area (Å²) in [6.45, 7) is 6.89.